The first kappa shape index (κ1) is 21.6. The lowest BCUT2D eigenvalue weighted by molar-refractivity contribution is -0.139. The fraction of sp³-hybridized carbons (Fsp3) is 0.500. The molecule has 156 valence electrons. The van der Waals surface area contributed by atoms with E-state index in [1.165, 1.54) is 36.8 Å². The Morgan fingerprint density at radius 3 is 2.45 bits per heavy atom. The van der Waals surface area contributed by atoms with Crippen LogP contribution in [0.4, 0.5) is 0 Å². The SMILES string of the molecule is Cc1ccc(C)c(C2CCC(CCCNC(=O)[C@](C)(O)c3ccccc3)CC2)c1. The zero-order valence-corrected chi connectivity index (χ0v) is 18.1. The predicted molar refractivity (Wildman–Crippen MR) is 119 cm³/mol. The van der Waals surface area contributed by atoms with Crippen molar-refractivity contribution in [2.24, 2.45) is 5.92 Å². The summed E-state index contributed by atoms with van der Waals surface area (Å²) in [5, 5.41) is 13.5. The van der Waals surface area contributed by atoms with E-state index in [1.54, 1.807) is 24.6 Å². The van der Waals surface area contributed by atoms with Gasteiger partial charge in [0.25, 0.3) is 5.91 Å². The Morgan fingerprint density at radius 2 is 1.76 bits per heavy atom. The molecule has 29 heavy (non-hydrogen) atoms. The molecule has 2 N–H and O–H groups in total. The van der Waals surface area contributed by atoms with E-state index < -0.39 is 5.60 Å². The fourth-order valence-corrected chi connectivity index (χ4v) is 4.62. The molecule has 0 bridgehead atoms. The number of rotatable bonds is 7. The molecule has 1 atom stereocenters. The summed E-state index contributed by atoms with van der Waals surface area (Å²) in [7, 11) is 0. The summed E-state index contributed by atoms with van der Waals surface area (Å²) in [6.45, 7) is 6.59. The maximum absolute atomic E-state index is 12.4. The Balaban J connectivity index is 1.40. The van der Waals surface area contributed by atoms with Gasteiger partial charge < -0.3 is 10.4 Å². The Bertz CT molecular complexity index is 805. The van der Waals surface area contributed by atoms with Gasteiger partial charge in [-0.05, 0) is 87.8 Å². The van der Waals surface area contributed by atoms with E-state index in [0.29, 0.717) is 18.0 Å². The summed E-state index contributed by atoms with van der Waals surface area (Å²) in [6.07, 6.45) is 7.19. The van der Waals surface area contributed by atoms with Crippen LogP contribution >= 0.6 is 0 Å². The van der Waals surface area contributed by atoms with E-state index in [-0.39, 0.29) is 5.91 Å². The standard InChI is InChI=1S/C26H35NO2/c1-19-11-12-20(2)24(18-19)22-15-13-21(14-16-22)8-7-17-27-25(28)26(3,29)23-9-5-4-6-10-23/h4-6,9-12,18,21-22,29H,7-8,13-17H2,1-3H3,(H,27,28)/t21?,22?,26-/m1/s1. The van der Waals surface area contributed by atoms with Crippen molar-refractivity contribution in [3.8, 4) is 0 Å². The molecule has 2 aromatic rings. The van der Waals surface area contributed by atoms with E-state index in [9.17, 15) is 9.90 Å². The molecule has 1 aliphatic carbocycles. The van der Waals surface area contributed by atoms with Crippen LogP contribution in [0.1, 0.15) is 73.6 Å². The molecular weight excluding hydrogens is 358 g/mol. The monoisotopic (exact) mass is 393 g/mol. The third kappa shape index (κ3) is 5.48. The number of carbonyl (C=O) groups is 1. The molecule has 3 nitrogen and oxygen atoms in total. The highest BCUT2D eigenvalue weighted by Gasteiger charge is 2.31. The summed E-state index contributed by atoms with van der Waals surface area (Å²) in [5.41, 5.74) is 3.47. The fourth-order valence-electron chi connectivity index (χ4n) is 4.62. The molecular formula is C26H35NO2. The van der Waals surface area contributed by atoms with Crippen LogP contribution in [0.2, 0.25) is 0 Å². The minimum absolute atomic E-state index is 0.317. The van der Waals surface area contributed by atoms with Gasteiger partial charge in [0.15, 0.2) is 5.60 Å². The lowest BCUT2D eigenvalue weighted by Gasteiger charge is -2.30. The van der Waals surface area contributed by atoms with Crippen LogP contribution in [-0.2, 0) is 10.4 Å². The van der Waals surface area contributed by atoms with E-state index >= 15 is 0 Å². The molecule has 1 fully saturated rings. The number of aliphatic hydroxyl groups is 1. The van der Waals surface area contributed by atoms with Gasteiger partial charge >= 0.3 is 0 Å². The van der Waals surface area contributed by atoms with Crippen molar-refractivity contribution in [1.29, 1.82) is 0 Å². The first-order chi connectivity index (χ1) is 13.9. The van der Waals surface area contributed by atoms with Crippen molar-refractivity contribution in [1.82, 2.24) is 5.32 Å². The smallest absolute Gasteiger partial charge is 0.256 e. The van der Waals surface area contributed by atoms with Gasteiger partial charge in [0.05, 0.1) is 0 Å². The first-order valence-corrected chi connectivity index (χ1v) is 11.0. The number of benzene rings is 2. The highest BCUT2D eigenvalue weighted by Crippen LogP contribution is 2.38. The normalized spacial score (nSPS) is 21.4. The van der Waals surface area contributed by atoms with Crippen molar-refractivity contribution >= 4 is 5.91 Å². The van der Waals surface area contributed by atoms with Crippen LogP contribution in [0.25, 0.3) is 0 Å². The van der Waals surface area contributed by atoms with E-state index in [4.69, 9.17) is 0 Å². The van der Waals surface area contributed by atoms with Crippen molar-refractivity contribution in [3.05, 3.63) is 70.8 Å². The van der Waals surface area contributed by atoms with Crippen LogP contribution in [0.3, 0.4) is 0 Å². The topological polar surface area (TPSA) is 49.3 Å². The van der Waals surface area contributed by atoms with Gasteiger partial charge in [-0.2, -0.15) is 0 Å². The number of carbonyl (C=O) groups excluding carboxylic acids is 1. The largest absolute Gasteiger partial charge is 0.376 e. The van der Waals surface area contributed by atoms with Gasteiger partial charge in [0.2, 0.25) is 0 Å². The average molecular weight is 394 g/mol. The Morgan fingerprint density at radius 1 is 1.07 bits per heavy atom. The second-order valence-electron chi connectivity index (χ2n) is 8.91. The van der Waals surface area contributed by atoms with Crippen molar-refractivity contribution in [2.45, 2.75) is 70.8 Å². The minimum atomic E-state index is -1.48. The Hall–Kier alpha value is -2.13. The second-order valence-corrected chi connectivity index (χ2v) is 8.91. The number of aryl methyl sites for hydroxylation is 2. The molecule has 0 heterocycles. The molecule has 3 heteroatoms. The maximum Gasteiger partial charge on any atom is 0.256 e. The highest BCUT2D eigenvalue weighted by atomic mass is 16.3. The molecule has 0 aliphatic heterocycles. The quantitative estimate of drug-likeness (QED) is 0.620. The van der Waals surface area contributed by atoms with Crippen LogP contribution in [0, 0.1) is 19.8 Å². The van der Waals surface area contributed by atoms with Gasteiger partial charge in [-0.1, -0.05) is 54.1 Å². The molecule has 2 aromatic carbocycles. The molecule has 0 saturated heterocycles. The molecule has 0 radical (unpaired) electrons. The third-order valence-electron chi connectivity index (χ3n) is 6.57. The summed E-state index contributed by atoms with van der Waals surface area (Å²) < 4.78 is 0. The predicted octanol–water partition coefficient (Wildman–Crippen LogP) is 5.38. The van der Waals surface area contributed by atoms with Crippen LogP contribution < -0.4 is 5.32 Å². The summed E-state index contributed by atoms with van der Waals surface area (Å²) in [6, 6.07) is 16.0. The first-order valence-electron chi connectivity index (χ1n) is 11.0. The summed E-state index contributed by atoms with van der Waals surface area (Å²) in [4.78, 5) is 12.4. The van der Waals surface area contributed by atoms with Gasteiger partial charge in [-0.3, -0.25) is 4.79 Å². The maximum atomic E-state index is 12.4. The minimum Gasteiger partial charge on any atom is -0.376 e. The van der Waals surface area contributed by atoms with E-state index in [2.05, 4.69) is 37.4 Å². The molecule has 3 rings (SSSR count). The highest BCUT2D eigenvalue weighted by molar-refractivity contribution is 5.85. The summed E-state index contributed by atoms with van der Waals surface area (Å²) >= 11 is 0. The zero-order chi connectivity index (χ0) is 20.9. The second kappa shape index (κ2) is 9.58. The van der Waals surface area contributed by atoms with Crippen molar-refractivity contribution in [3.63, 3.8) is 0 Å². The van der Waals surface area contributed by atoms with Gasteiger partial charge in [-0.15, -0.1) is 0 Å². The number of nitrogens with one attached hydrogen (secondary N) is 1. The number of hydrogen-bond donors (Lipinski definition) is 2. The van der Waals surface area contributed by atoms with Gasteiger partial charge in [0, 0.05) is 6.54 Å². The third-order valence-corrected chi connectivity index (χ3v) is 6.57. The molecule has 1 aliphatic rings. The lowest BCUT2D eigenvalue weighted by atomic mass is 9.76. The number of amides is 1. The summed E-state index contributed by atoms with van der Waals surface area (Å²) in [5.74, 6) is 1.14. The van der Waals surface area contributed by atoms with Crippen molar-refractivity contribution in [2.75, 3.05) is 6.54 Å². The van der Waals surface area contributed by atoms with Crippen LogP contribution in [0.5, 0.6) is 0 Å². The number of hydrogen-bond acceptors (Lipinski definition) is 2. The Kier molecular flexibility index (Phi) is 7.13. The average Bonchev–Trinajstić information content (AvgIpc) is 2.74. The van der Waals surface area contributed by atoms with Gasteiger partial charge in [0.1, 0.15) is 0 Å². The van der Waals surface area contributed by atoms with Crippen LogP contribution in [0.15, 0.2) is 48.5 Å². The molecule has 0 aromatic heterocycles. The van der Waals surface area contributed by atoms with E-state index in [1.807, 2.05) is 18.2 Å². The Labute approximate surface area is 175 Å². The molecule has 1 saturated carbocycles. The van der Waals surface area contributed by atoms with Crippen molar-refractivity contribution < 1.29 is 9.90 Å². The lowest BCUT2D eigenvalue weighted by Crippen LogP contribution is -2.42. The molecule has 0 spiro atoms. The molecule has 1 amide bonds. The van der Waals surface area contributed by atoms with Crippen LogP contribution in [-0.4, -0.2) is 17.6 Å². The molecule has 0 unspecified atom stereocenters. The van der Waals surface area contributed by atoms with Gasteiger partial charge in [-0.25, -0.2) is 0 Å². The zero-order valence-electron chi connectivity index (χ0n) is 18.1. The van der Waals surface area contributed by atoms with E-state index in [0.717, 1.165) is 18.8 Å².